The molecule has 1 aromatic heterocycles. The second-order valence-corrected chi connectivity index (χ2v) is 5.00. The second kappa shape index (κ2) is 5.75. The molecule has 3 aromatic rings. The first-order valence-electron chi connectivity index (χ1n) is 6.76. The van der Waals surface area contributed by atoms with E-state index in [4.69, 9.17) is 10.2 Å². The zero-order valence-corrected chi connectivity index (χ0v) is 11.8. The van der Waals surface area contributed by atoms with E-state index in [-0.39, 0.29) is 11.5 Å². The van der Waals surface area contributed by atoms with Crippen molar-refractivity contribution in [2.75, 3.05) is 5.73 Å². The first-order chi connectivity index (χ1) is 10.9. The lowest BCUT2D eigenvalue weighted by Gasteiger charge is -2.06. The first kappa shape index (κ1) is 15.1. The van der Waals surface area contributed by atoms with E-state index < -0.39 is 11.7 Å². The van der Waals surface area contributed by atoms with Gasteiger partial charge in [0, 0.05) is 11.3 Å². The zero-order chi connectivity index (χ0) is 16.4. The van der Waals surface area contributed by atoms with Crippen LogP contribution in [0.25, 0.3) is 11.5 Å². The van der Waals surface area contributed by atoms with Gasteiger partial charge in [-0.3, -0.25) is 0 Å². The minimum Gasteiger partial charge on any atom is -0.420 e. The molecule has 1 heterocycles. The summed E-state index contributed by atoms with van der Waals surface area (Å²) >= 11 is 0. The van der Waals surface area contributed by atoms with Crippen LogP contribution in [0.3, 0.4) is 0 Å². The van der Waals surface area contributed by atoms with Crippen LogP contribution >= 0.6 is 0 Å². The Hall–Kier alpha value is -2.83. The fourth-order valence-electron chi connectivity index (χ4n) is 2.08. The summed E-state index contributed by atoms with van der Waals surface area (Å²) in [5.74, 6) is 0.378. The van der Waals surface area contributed by atoms with Gasteiger partial charge in [-0.2, -0.15) is 13.2 Å². The third-order valence-corrected chi connectivity index (χ3v) is 3.24. The number of rotatable bonds is 3. The molecule has 7 heteroatoms. The average molecular weight is 319 g/mol. The maximum Gasteiger partial charge on any atom is 0.416 e. The lowest BCUT2D eigenvalue weighted by Crippen LogP contribution is -2.04. The summed E-state index contributed by atoms with van der Waals surface area (Å²) in [6.07, 6.45) is -4.03. The van der Waals surface area contributed by atoms with Gasteiger partial charge in [-0.1, -0.05) is 18.2 Å². The van der Waals surface area contributed by atoms with E-state index >= 15 is 0 Å². The van der Waals surface area contributed by atoms with Gasteiger partial charge in [0.05, 0.1) is 12.0 Å². The Balaban J connectivity index is 1.83. The van der Waals surface area contributed by atoms with E-state index in [1.807, 2.05) is 12.1 Å². The predicted octanol–water partition coefficient (Wildman–Crippen LogP) is 3.93. The summed E-state index contributed by atoms with van der Waals surface area (Å²) in [5.41, 5.74) is 6.64. The molecule has 118 valence electrons. The SMILES string of the molecule is Nc1ccc(Cc2nnc(-c3cccc(C(F)(F)F)c3)o2)cc1. The van der Waals surface area contributed by atoms with Crippen LogP contribution in [0.4, 0.5) is 18.9 Å². The van der Waals surface area contributed by atoms with Gasteiger partial charge in [-0.25, -0.2) is 0 Å². The highest BCUT2D eigenvalue weighted by atomic mass is 19.4. The lowest BCUT2D eigenvalue weighted by atomic mass is 10.1. The largest absolute Gasteiger partial charge is 0.420 e. The monoisotopic (exact) mass is 319 g/mol. The van der Waals surface area contributed by atoms with Crippen molar-refractivity contribution in [3.63, 3.8) is 0 Å². The van der Waals surface area contributed by atoms with Crippen LogP contribution in [0.15, 0.2) is 52.9 Å². The van der Waals surface area contributed by atoms with Crippen molar-refractivity contribution in [1.82, 2.24) is 10.2 Å². The Morgan fingerprint density at radius 2 is 1.74 bits per heavy atom. The molecular weight excluding hydrogens is 307 g/mol. The lowest BCUT2D eigenvalue weighted by molar-refractivity contribution is -0.137. The van der Waals surface area contributed by atoms with Crippen LogP contribution in [0.5, 0.6) is 0 Å². The summed E-state index contributed by atoms with van der Waals surface area (Å²) in [7, 11) is 0. The number of halogens is 3. The van der Waals surface area contributed by atoms with Crippen LogP contribution in [-0.4, -0.2) is 10.2 Å². The smallest absolute Gasteiger partial charge is 0.416 e. The summed E-state index contributed by atoms with van der Waals surface area (Å²) in [4.78, 5) is 0. The fraction of sp³-hybridized carbons (Fsp3) is 0.125. The minimum atomic E-state index is -4.41. The summed E-state index contributed by atoms with van der Waals surface area (Å²) in [6, 6.07) is 11.9. The Kier molecular flexibility index (Phi) is 3.77. The third kappa shape index (κ3) is 3.50. The van der Waals surface area contributed by atoms with E-state index in [9.17, 15) is 13.2 Å². The molecule has 0 fully saturated rings. The highest BCUT2D eigenvalue weighted by Gasteiger charge is 2.30. The maximum absolute atomic E-state index is 12.7. The van der Waals surface area contributed by atoms with E-state index in [0.717, 1.165) is 17.7 Å². The maximum atomic E-state index is 12.7. The van der Waals surface area contributed by atoms with Crippen molar-refractivity contribution in [3.05, 3.63) is 65.5 Å². The number of aromatic nitrogens is 2. The van der Waals surface area contributed by atoms with E-state index in [0.29, 0.717) is 18.0 Å². The number of nitrogen functional groups attached to an aromatic ring is 1. The van der Waals surface area contributed by atoms with Crippen LogP contribution in [0.1, 0.15) is 17.0 Å². The molecule has 0 saturated heterocycles. The van der Waals surface area contributed by atoms with Gasteiger partial charge >= 0.3 is 6.18 Å². The third-order valence-electron chi connectivity index (χ3n) is 3.24. The Morgan fingerprint density at radius 1 is 1.00 bits per heavy atom. The molecule has 0 aliphatic rings. The highest BCUT2D eigenvalue weighted by Crippen LogP contribution is 2.31. The molecule has 2 N–H and O–H groups in total. The van der Waals surface area contributed by atoms with Gasteiger partial charge in [0.15, 0.2) is 0 Å². The minimum absolute atomic E-state index is 0.0570. The molecule has 0 bridgehead atoms. The molecule has 0 saturated carbocycles. The van der Waals surface area contributed by atoms with Gasteiger partial charge < -0.3 is 10.2 Å². The molecule has 23 heavy (non-hydrogen) atoms. The number of hydrogen-bond acceptors (Lipinski definition) is 4. The van der Waals surface area contributed by atoms with Crippen LogP contribution in [-0.2, 0) is 12.6 Å². The van der Waals surface area contributed by atoms with Crippen molar-refractivity contribution >= 4 is 5.69 Å². The standard InChI is InChI=1S/C16H12F3N3O/c17-16(18,19)12-3-1-2-11(9-12)15-22-21-14(23-15)8-10-4-6-13(20)7-5-10/h1-7,9H,8,20H2. The summed E-state index contributed by atoms with van der Waals surface area (Å²) < 4.78 is 43.6. The van der Waals surface area contributed by atoms with Gasteiger partial charge in [0.2, 0.25) is 11.8 Å². The van der Waals surface area contributed by atoms with Crippen LogP contribution in [0, 0.1) is 0 Å². The molecule has 4 nitrogen and oxygen atoms in total. The molecule has 0 atom stereocenters. The Morgan fingerprint density at radius 3 is 2.43 bits per heavy atom. The van der Waals surface area contributed by atoms with E-state index in [2.05, 4.69) is 10.2 Å². The van der Waals surface area contributed by atoms with Crippen molar-refractivity contribution in [2.45, 2.75) is 12.6 Å². The topological polar surface area (TPSA) is 64.9 Å². The molecule has 0 radical (unpaired) electrons. The van der Waals surface area contributed by atoms with Crippen molar-refractivity contribution in [1.29, 1.82) is 0 Å². The molecule has 0 spiro atoms. The van der Waals surface area contributed by atoms with E-state index in [1.165, 1.54) is 12.1 Å². The van der Waals surface area contributed by atoms with Crippen LogP contribution in [0.2, 0.25) is 0 Å². The number of nitrogens with two attached hydrogens (primary N) is 1. The average Bonchev–Trinajstić information content (AvgIpc) is 2.97. The van der Waals surface area contributed by atoms with Crippen molar-refractivity contribution in [3.8, 4) is 11.5 Å². The van der Waals surface area contributed by atoms with E-state index in [1.54, 1.807) is 12.1 Å². The van der Waals surface area contributed by atoms with Crippen LogP contribution < -0.4 is 5.73 Å². The number of benzene rings is 2. The molecule has 3 rings (SSSR count). The van der Waals surface area contributed by atoms with Crippen molar-refractivity contribution < 1.29 is 17.6 Å². The predicted molar refractivity (Wildman–Crippen MR) is 78.4 cm³/mol. The highest BCUT2D eigenvalue weighted by molar-refractivity contribution is 5.54. The normalized spacial score (nSPS) is 11.6. The van der Waals surface area contributed by atoms with Gasteiger partial charge in [0.1, 0.15) is 0 Å². The molecule has 2 aromatic carbocycles. The second-order valence-electron chi connectivity index (χ2n) is 5.00. The van der Waals surface area contributed by atoms with Crippen molar-refractivity contribution in [2.24, 2.45) is 0 Å². The molecule has 0 aliphatic carbocycles. The zero-order valence-electron chi connectivity index (χ0n) is 11.8. The summed E-state index contributed by atoms with van der Waals surface area (Å²) in [5, 5.41) is 7.69. The number of alkyl halides is 3. The molecular formula is C16H12F3N3O. The Labute approximate surface area is 129 Å². The number of nitrogens with zero attached hydrogens (tertiary/aromatic N) is 2. The first-order valence-corrected chi connectivity index (χ1v) is 6.76. The summed E-state index contributed by atoms with van der Waals surface area (Å²) in [6.45, 7) is 0. The van der Waals surface area contributed by atoms with Gasteiger partial charge in [0.25, 0.3) is 0 Å². The number of hydrogen-bond donors (Lipinski definition) is 1. The quantitative estimate of drug-likeness (QED) is 0.743. The molecule has 0 aliphatic heterocycles. The number of anilines is 1. The van der Waals surface area contributed by atoms with Gasteiger partial charge in [-0.05, 0) is 35.9 Å². The molecule has 0 amide bonds. The van der Waals surface area contributed by atoms with Gasteiger partial charge in [-0.15, -0.1) is 10.2 Å². The fourth-order valence-corrected chi connectivity index (χ4v) is 2.08. The molecule has 0 unspecified atom stereocenters. The Bertz CT molecular complexity index is 810.